The normalized spacial score (nSPS) is 11.4. The Bertz CT molecular complexity index is 2280. The Morgan fingerprint density at radius 2 is 0.957 bits per heavy atom. The Balaban J connectivity index is 1.43. The van der Waals surface area contributed by atoms with E-state index in [9.17, 15) is 0 Å². The average molecular weight is 597 g/mol. The minimum Gasteiger partial charge on any atom is -0.309 e. The van der Waals surface area contributed by atoms with Crippen molar-refractivity contribution in [2.75, 3.05) is 0 Å². The van der Waals surface area contributed by atoms with E-state index in [4.69, 9.17) is 15.0 Å². The van der Waals surface area contributed by atoms with Crippen molar-refractivity contribution >= 4 is 21.8 Å². The summed E-state index contributed by atoms with van der Waals surface area (Å²) >= 11 is 0. The summed E-state index contributed by atoms with van der Waals surface area (Å²) in [5, 5.41) is 2.31. The van der Waals surface area contributed by atoms with Crippen LogP contribution < -0.4 is 0 Å². The van der Waals surface area contributed by atoms with Gasteiger partial charge >= 0.3 is 0 Å². The van der Waals surface area contributed by atoms with E-state index in [1.165, 1.54) is 17.2 Å². The molecule has 220 valence electrons. The van der Waals surface area contributed by atoms with Gasteiger partial charge in [0.05, 0.1) is 16.7 Å². The largest absolute Gasteiger partial charge is 0.309 e. The second kappa shape index (κ2) is 11.2. The van der Waals surface area contributed by atoms with Crippen LogP contribution in [0.5, 0.6) is 0 Å². The molecule has 0 N–H and O–H groups in total. The van der Waals surface area contributed by atoms with Gasteiger partial charge in [0.15, 0.2) is 17.5 Å². The van der Waals surface area contributed by atoms with Crippen molar-refractivity contribution < 1.29 is 4.39 Å². The zero-order valence-corrected chi connectivity index (χ0v) is 25.4. The van der Waals surface area contributed by atoms with Gasteiger partial charge < -0.3 is 4.57 Å². The van der Waals surface area contributed by atoms with E-state index < -0.39 is 0 Å². The number of hydrogen-bond donors (Lipinski definition) is 0. The van der Waals surface area contributed by atoms with Crippen molar-refractivity contribution in [2.24, 2.45) is 0 Å². The molecule has 0 amide bonds. The topological polar surface area (TPSA) is 43.6 Å². The number of aromatic nitrogens is 4. The molecule has 8 rings (SSSR count). The highest BCUT2D eigenvalue weighted by atomic mass is 19.1. The van der Waals surface area contributed by atoms with Crippen LogP contribution >= 0.6 is 0 Å². The molecule has 2 heterocycles. The van der Waals surface area contributed by atoms with Crippen molar-refractivity contribution in [3.05, 3.63) is 156 Å². The fourth-order valence-corrected chi connectivity index (χ4v) is 6.21. The summed E-state index contributed by atoms with van der Waals surface area (Å²) in [6.45, 7) is 4.22. The molecule has 0 bridgehead atoms. The van der Waals surface area contributed by atoms with Gasteiger partial charge in [0.2, 0.25) is 0 Å². The van der Waals surface area contributed by atoms with Crippen molar-refractivity contribution in [1.82, 2.24) is 19.5 Å². The van der Waals surface area contributed by atoms with Gasteiger partial charge in [0, 0.05) is 38.6 Å². The van der Waals surface area contributed by atoms with Gasteiger partial charge in [-0.15, -0.1) is 0 Å². The second-order valence-electron chi connectivity index (χ2n) is 11.6. The number of halogens is 1. The summed E-state index contributed by atoms with van der Waals surface area (Å²) in [5.41, 5.74) is 9.23. The standard InChI is InChI=1S/C41H29FN4/c1-26-17-21-36-33(23-26)34-24-27(2)18-22-37(34)46(36)38-25-30(19-20-32(38)31-15-9-10-16-35(31)42)41-44-39(28-11-5-3-6-12-28)43-40(45-41)29-13-7-4-8-14-29/h3-25H,1-2H3. The van der Waals surface area contributed by atoms with Gasteiger partial charge in [-0.2, -0.15) is 0 Å². The number of fused-ring (bicyclic) bond motifs is 3. The maximum absolute atomic E-state index is 15.5. The van der Waals surface area contributed by atoms with Crippen LogP contribution in [-0.2, 0) is 0 Å². The van der Waals surface area contributed by atoms with E-state index in [2.05, 4.69) is 60.9 Å². The van der Waals surface area contributed by atoms with Gasteiger partial charge in [0.25, 0.3) is 0 Å². The van der Waals surface area contributed by atoms with E-state index in [0.29, 0.717) is 23.0 Å². The van der Waals surface area contributed by atoms with Crippen LogP contribution in [0.25, 0.3) is 72.8 Å². The summed E-state index contributed by atoms with van der Waals surface area (Å²) in [7, 11) is 0. The third kappa shape index (κ3) is 4.83. The first-order valence-electron chi connectivity index (χ1n) is 15.3. The van der Waals surface area contributed by atoms with Crippen molar-refractivity contribution in [2.45, 2.75) is 13.8 Å². The molecule has 0 fully saturated rings. The zero-order chi connectivity index (χ0) is 31.2. The molecule has 0 radical (unpaired) electrons. The van der Waals surface area contributed by atoms with Gasteiger partial charge in [-0.1, -0.05) is 114 Å². The first-order valence-corrected chi connectivity index (χ1v) is 15.3. The van der Waals surface area contributed by atoms with E-state index >= 15 is 4.39 Å². The molecule has 5 heteroatoms. The number of nitrogens with zero attached hydrogens (tertiary/aromatic N) is 4. The van der Waals surface area contributed by atoms with Gasteiger partial charge in [-0.3, -0.25) is 0 Å². The first kappa shape index (κ1) is 27.6. The van der Waals surface area contributed by atoms with Gasteiger partial charge in [-0.05, 0) is 50.2 Å². The third-order valence-corrected chi connectivity index (χ3v) is 8.44. The quantitative estimate of drug-likeness (QED) is 0.199. The SMILES string of the molecule is Cc1ccc2c(c1)c1cc(C)ccc1n2-c1cc(-c2nc(-c3ccccc3)nc(-c3ccccc3)n2)ccc1-c1ccccc1F. The van der Waals surface area contributed by atoms with Gasteiger partial charge in [-0.25, -0.2) is 19.3 Å². The van der Waals surface area contributed by atoms with Crippen LogP contribution in [0.1, 0.15) is 11.1 Å². The molecule has 6 aromatic carbocycles. The van der Waals surface area contributed by atoms with Crippen LogP contribution in [-0.4, -0.2) is 19.5 Å². The van der Waals surface area contributed by atoms with Crippen molar-refractivity contribution in [1.29, 1.82) is 0 Å². The third-order valence-electron chi connectivity index (χ3n) is 8.44. The van der Waals surface area contributed by atoms with E-state index in [1.807, 2.05) is 84.9 Å². The molecule has 0 saturated carbocycles. The number of aryl methyl sites for hydroxylation is 2. The Hall–Kier alpha value is -5.94. The summed E-state index contributed by atoms with van der Waals surface area (Å²) < 4.78 is 17.7. The lowest BCUT2D eigenvalue weighted by Crippen LogP contribution is -2.02. The lowest BCUT2D eigenvalue weighted by molar-refractivity contribution is 0.631. The highest BCUT2D eigenvalue weighted by Crippen LogP contribution is 2.39. The van der Waals surface area contributed by atoms with E-state index in [1.54, 1.807) is 6.07 Å². The Kier molecular flexibility index (Phi) is 6.72. The van der Waals surface area contributed by atoms with Gasteiger partial charge in [0.1, 0.15) is 5.82 Å². The first-order chi connectivity index (χ1) is 22.5. The average Bonchev–Trinajstić information content (AvgIpc) is 3.41. The Morgan fingerprint density at radius 3 is 1.50 bits per heavy atom. The fraction of sp³-hybridized carbons (Fsp3) is 0.0488. The predicted octanol–water partition coefficient (Wildman–Crippen LogP) is 10.4. The molecule has 4 nitrogen and oxygen atoms in total. The predicted molar refractivity (Wildman–Crippen MR) is 185 cm³/mol. The molecular formula is C41H29FN4. The molecule has 0 saturated heterocycles. The fourth-order valence-electron chi connectivity index (χ4n) is 6.21. The summed E-state index contributed by atoms with van der Waals surface area (Å²) in [5.74, 6) is 1.45. The molecule has 0 unspecified atom stereocenters. The zero-order valence-electron chi connectivity index (χ0n) is 25.4. The van der Waals surface area contributed by atoms with Crippen LogP contribution in [0.2, 0.25) is 0 Å². The van der Waals surface area contributed by atoms with E-state index in [-0.39, 0.29) is 5.82 Å². The molecule has 0 atom stereocenters. The van der Waals surface area contributed by atoms with Crippen LogP contribution in [0.3, 0.4) is 0 Å². The number of rotatable bonds is 5. The summed E-state index contributed by atoms with van der Waals surface area (Å²) in [6, 6.07) is 45.9. The molecule has 0 spiro atoms. The number of benzene rings is 6. The molecule has 0 aliphatic heterocycles. The smallest absolute Gasteiger partial charge is 0.164 e. The van der Waals surface area contributed by atoms with Crippen LogP contribution in [0.15, 0.2) is 140 Å². The maximum Gasteiger partial charge on any atom is 0.164 e. The summed E-state index contributed by atoms with van der Waals surface area (Å²) in [6.07, 6.45) is 0. The maximum atomic E-state index is 15.5. The highest BCUT2D eigenvalue weighted by molar-refractivity contribution is 6.10. The van der Waals surface area contributed by atoms with Crippen molar-refractivity contribution in [3.8, 4) is 51.0 Å². The summed E-state index contributed by atoms with van der Waals surface area (Å²) in [4.78, 5) is 14.8. The molecule has 0 aliphatic carbocycles. The van der Waals surface area contributed by atoms with Crippen LogP contribution in [0, 0.1) is 19.7 Å². The van der Waals surface area contributed by atoms with Crippen LogP contribution in [0.4, 0.5) is 4.39 Å². The minimum atomic E-state index is -0.276. The molecule has 2 aromatic heterocycles. The molecular weight excluding hydrogens is 567 g/mol. The number of hydrogen-bond acceptors (Lipinski definition) is 3. The molecule has 46 heavy (non-hydrogen) atoms. The second-order valence-corrected chi connectivity index (χ2v) is 11.6. The van der Waals surface area contributed by atoms with Crippen molar-refractivity contribution in [3.63, 3.8) is 0 Å². The Morgan fingerprint density at radius 1 is 0.457 bits per heavy atom. The van der Waals surface area contributed by atoms with E-state index in [0.717, 1.165) is 49.7 Å². The lowest BCUT2D eigenvalue weighted by atomic mass is 10.00. The molecule has 8 aromatic rings. The minimum absolute atomic E-state index is 0.276. The monoisotopic (exact) mass is 596 g/mol. The Labute approximate surface area is 266 Å². The highest BCUT2D eigenvalue weighted by Gasteiger charge is 2.20. The lowest BCUT2D eigenvalue weighted by Gasteiger charge is -2.17. The molecule has 0 aliphatic rings.